The summed E-state index contributed by atoms with van der Waals surface area (Å²) in [5.41, 5.74) is 3.32. The monoisotopic (exact) mass is 469 g/mol. The van der Waals surface area contributed by atoms with Crippen molar-refractivity contribution in [1.29, 1.82) is 0 Å². The Morgan fingerprint density at radius 2 is 1.50 bits per heavy atom. The smallest absolute Gasteiger partial charge is 0.281 e. The normalized spacial score (nSPS) is 11.6. The lowest BCUT2D eigenvalue weighted by molar-refractivity contribution is -0.136. The van der Waals surface area contributed by atoms with Crippen molar-refractivity contribution in [2.45, 2.75) is 12.5 Å². The van der Waals surface area contributed by atoms with Gasteiger partial charge in [0, 0.05) is 5.69 Å². The summed E-state index contributed by atoms with van der Waals surface area (Å²) in [4.78, 5) is 26.2. The van der Waals surface area contributed by atoms with Crippen molar-refractivity contribution < 1.29 is 14.7 Å². The predicted molar refractivity (Wildman–Crippen MR) is 135 cm³/mol. The maximum Gasteiger partial charge on any atom is 0.281 e. The minimum absolute atomic E-state index is 0.189. The average Bonchev–Trinajstić information content (AvgIpc) is 3.43. The van der Waals surface area contributed by atoms with Crippen molar-refractivity contribution in [2.24, 2.45) is 5.10 Å². The Hall–Kier alpha value is -4.07. The van der Waals surface area contributed by atoms with Crippen LogP contribution in [-0.4, -0.2) is 22.6 Å². The van der Waals surface area contributed by atoms with Gasteiger partial charge in [0.15, 0.2) is 5.60 Å². The van der Waals surface area contributed by atoms with E-state index in [9.17, 15) is 14.7 Å². The number of hydrogen-bond acceptors (Lipinski definition) is 5. The summed E-state index contributed by atoms with van der Waals surface area (Å²) < 4.78 is 0. The third-order valence-corrected chi connectivity index (χ3v) is 6.19. The second-order valence-corrected chi connectivity index (χ2v) is 8.54. The molecular formula is C27H23N3O3S. The van der Waals surface area contributed by atoms with Crippen molar-refractivity contribution >= 4 is 34.6 Å². The predicted octanol–water partition coefficient (Wildman–Crippen LogP) is 4.78. The van der Waals surface area contributed by atoms with Crippen molar-refractivity contribution in [3.8, 4) is 0 Å². The fourth-order valence-corrected chi connectivity index (χ4v) is 4.11. The molecule has 170 valence electrons. The molecule has 1 heterocycles. The molecule has 2 amide bonds. The van der Waals surface area contributed by atoms with Crippen molar-refractivity contribution in [3.05, 3.63) is 124 Å². The molecule has 3 aromatic carbocycles. The van der Waals surface area contributed by atoms with Crippen LogP contribution >= 0.6 is 11.3 Å². The Morgan fingerprint density at radius 1 is 0.853 bits per heavy atom. The summed E-state index contributed by atoms with van der Waals surface area (Å²) in [5.74, 6) is -0.864. The van der Waals surface area contributed by atoms with Crippen LogP contribution in [0.15, 0.2) is 108 Å². The SMILES string of the molecule is C/C(=N\NC(=O)C(O)(c1ccccc1)c1ccccc1)c1cccc(NC(=O)c2cccs2)c1. The number of carbonyl (C=O) groups excluding carboxylic acids is 2. The molecule has 4 aromatic rings. The van der Waals surface area contributed by atoms with E-state index in [1.54, 1.807) is 79.7 Å². The molecule has 0 spiro atoms. The van der Waals surface area contributed by atoms with Gasteiger partial charge >= 0.3 is 0 Å². The topological polar surface area (TPSA) is 90.8 Å². The summed E-state index contributed by atoms with van der Waals surface area (Å²) in [7, 11) is 0. The Labute approximate surface area is 201 Å². The van der Waals surface area contributed by atoms with Gasteiger partial charge in [-0.1, -0.05) is 78.9 Å². The van der Waals surface area contributed by atoms with Gasteiger partial charge in [0.1, 0.15) is 0 Å². The van der Waals surface area contributed by atoms with Crippen molar-refractivity contribution in [2.75, 3.05) is 5.32 Å². The quantitative estimate of drug-likeness (QED) is 0.269. The highest BCUT2D eigenvalue weighted by atomic mass is 32.1. The van der Waals surface area contributed by atoms with E-state index >= 15 is 0 Å². The van der Waals surface area contributed by atoms with Crippen LogP contribution in [-0.2, 0) is 10.4 Å². The molecule has 0 aliphatic carbocycles. The molecule has 7 heteroatoms. The van der Waals surface area contributed by atoms with Crippen LogP contribution in [0.1, 0.15) is 33.3 Å². The third-order valence-electron chi connectivity index (χ3n) is 5.32. The standard InChI is InChI=1S/C27H23N3O3S/c1-19(20-10-8-15-23(18-20)28-25(31)24-16-9-17-34-24)29-30-26(32)27(33,21-11-4-2-5-12-21)22-13-6-3-7-14-22/h2-18,33H,1H3,(H,28,31)(H,30,32)/b29-19+. The van der Waals surface area contributed by atoms with Crippen LogP contribution in [0.4, 0.5) is 5.69 Å². The van der Waals surface area contributed by atoms with Gasteiger partial charge in [-0.2, -0.15) is 5.10 Å². The molecule has 0 bridgehead atoms. The zero-order valence-corrected chi connectivity index (χ0v) is 19.3. The molecule has 34 heavy (non-hydrogen) atoms. The molecule has 0 radical (unpaired) electrons. The average molecular weight is 470 g/mol. The van der Waals surface area contributed by atoms with E-state index in [1.807, 2.05) is 29.6 Å². The minimum atomic E-state index is -1.91. The first-order chi connectivity index (χ1) is 16.5. The van der Waals surface area contributed by atoms with Crippen LogP contribution in [0, 0.1) is 0 Å². The zero-order valence-electron chi connectivity index (χ0n) is 18.4. The number of aliphatic hydroxyl groups is 1. The van der Waals surface area contributed by atoms with Gasteiger partial charge in [0.05, 0.1) is 10.6 Å². The lowest BCUT2D eigenvalue weighted by Crippen LogP contribution is -2.43. The summed E-state index contributed by atoms with van der Waals surface area (Å²) in [6, 6.07) is 28.2. The van der Waals surface area contributed by atoms with Gasteiger partial charge in [-0.15, -0.1) is 11.3 Å². The Bertz CT molecular complexity index is 1260. The maximum absolute atomic E-state index is 13.2. The summed E-state index contributed by atoms with van der Waals surface area (Å²) in [6.45, 7) is 1.74. The molecule has 1 aromatic heterocycles. The number of anilines is 1. The molecule has 0 aliphatic rings. The molecule has 6 nitrogen and oxygen atoms in total. The highest BCUT2D eigenvalue weighted by Crippen LogP contribution is 2.30. The first kappa shape index (κ1) is 23.1. The van der Waals surface area contributed by atoms with Crippen LogP contribution in [0.2, 0.25) is 0 Å². The number of rotatable bonds is 7. The first-order valence-electron chi connectivity index (χ1n) is 10.6. The van der Waals surface area contributed by atoms with E-state index in [2.05, 4.69) is 15.8 Å². The molecule has 4 rings (SSSR count). The van der Waals surface area contributed by atoms with E-state index in [1.165, 1.54) is 11.3 Å². The largest absolute Gasteiger partial charge is 0.372 e. The molecule has 0 aliphatic heterocycles. The second kappa shape index (κ2) is 10.2. The number of nitrogens with one attached hydrogen (secondary N) is 2. The Kier molecular flexibility index (Phi) is 6.96. The minimum Gasteiger partial charge on any atom is -0.372 e. The molecular weight excluding hydrogens is 446 g/mol. The van der Waals surface area contributed by atoms with Gasteiger partial charge in [0.2, 0.25) is 0 Å². The number of amides is 2. The fraction of sp³-hybridized carbons (Fsp3) is 0.0741. The van der Waals surface area contributed by atoms with Gasteiger partial charge < -0.3 is 10.4 Å². The van der Waals surface area contributed by atoms with Crippen molar-refractivity contribution in [3.63, 3.8) is 0 Å². The van der Waals surface area contributed by atoms with E-state index in [4.69, 9.17) is 0 Å². The summed E-state index contributed by atoms with van der Waals surface area (Å²) >= 11 is 1.36. The van der Waals surface area contributed by atoms with Crippen LogP contribution in [0.3, 0.4) is 0 Å². The Morgan fingerprint density at radius 3 is 2.09 bits per heavy atom. The van der Waals surface area contributed by atoms with Crippen LogP contribution < -0.4 is 10.7 Å². The molecule has 0 fully saturated rings. The van der Waals surface area contributed by atoms with Gasteiger partial charge in [0.25, 0.3) is 11.8 Å². The van der Waals surface area contributed by atoms with Gasteiger partial charge in [-0.3, -0.25) is 9.59 Å². The summed E-state index contributed by atoms with van der Waals surface area (Å²) in [6.07, 6.45) is 0. The van der Waals surface area contributed by atoms with Crippen LogP contribution in [0.5, 0.6) is 0 Å². The first-order valence-corrected chi connectivity index (χ1v) is 11.5. The van der Waals surface area contributed by atoms with E-state index < -0.39 is 11.5 Å². The lowest BCUT2D eigenvalue weighted by Gasteiger charge is -2.27. The molecule has 0 saturated carbocycles. The van der Waals surface area contributed by atoms with Gasteiger partial charge in [-0.05, 0) is 47.2 Å². The van der Waals surface area contributed by atoms with Crippen molar-refractivity contribution in [1.82, 2.24) is 5.43 Å². The molecule has 0 saturated heterocycles. The van der Waals surface area contributed by atoms with E-state index in [-0.39, 0.29) is 5.91 Å². The second-order valence-electron chi connectivity index (χ2n) is 7.59. The van der Waals surface area contributed by atoms with E-state index in [0.29, 0.717) is 33.0 Å². The van der Waals surface area contributed by atoms with Gasteiger partial charge in [-0.25, -0.2) is 5.43 Å². The maximum atomic E-state index is 13.2. The molecule has 3 N–H and O–H groups in total. The number of carbonyl (C=O) groups is 2. The lowest BCUT2D eigenvalue weighted by atomic mass is 9.85. The fourth-order valence-electron chi connectivity index (χ4n) is 3.49. The van der Waals surface area contributed by atoms with E-state index in [0.717, 1.165) is 0 Å². The zero-order chi connectivity index (χ0) is 24.0. The number of nitrogens with zero attached hydrogens (tertiary/aromatic N) is 1. The number of thiophene rings is 1. The Balaban J connectivity index is 1.55. The number of benzene rings is 3. The number of hydrazone groups is 1. The number of hydrogen-bond donors (Lipinski definition) is 3. The highest BCUT2D eigenvalue weighted by Gasteiger charge is 2.39. The van der Waals surface area contributed by atoms with Crippen LogP contribution in [0.25, 0.3) is 0 Å². The third kappa shape index (κ3) is 4.96. The summed E-state index contributed by atoms with van der Waals surface area (Å²) in [5, 5.41) is 20.4. The highest BCUT2D eigenvalue weighted by molar-refractivity contribution is 7.12. The molecule has 0 atom stereocenters. The molecule has 0 unspecified atom stereocenters.